The maximum absolute atomic E-state index is 10.4. The minimum absolute atomic E-state index is 0.685. The molecule has 0 saturated carbocycles. The van der Waals surface area contributed by atoms with E-state index in [1.54, 1.807) is 41.8 Å². The number of nitrogens with zero attached hydrogens (tertiary/aromatic N) is 3. The molecular weight excluding hydrogens is 266 g/mol. The molecule has 92 valence electrons. The van der Waals surface area contributed by atoms with Crippen LogP contribution >= 0.6 is 23.1 Å². The predicted molar refractivity (Wildman–Crippen MR) is 73.1 cm³/mol. The summed E-state index contributed by atoms with van der Waals surface area (Å²) in [4.78, 5) is 10.4. The number of hydrogen-bond donors (Lipinski definition) is 1. The summed E-state index contributed by atoms with van der Waals surface area (Å²) in [5.74, 6) is 0. The van der Waals surface area contributed by atoms with E-state index < -0.39 is 6.10 Å². The Morgan fingerprint density at radius 2 is 2.33 bits per heavy atom. The fourth-order valence-electron chi connectivity index (χ4n) is 1.79. The number of hydrogen-bond acceptors (Lipinski definition) is 5. The van der Waals surface area contributed by atoms with E-state index in [4.69, 9.17) is 0 Å². The van der Waals surface area contributed by atoms with Crippen molar-refractivity contribution in [3.05, 3.63) is 47.6 Å². The smallest absolute Gasteiger partial charge is 0.126 e. The van der Waals surface area contributed by atoms with E-state index in [-0.39, 0.29) is 0 Å². The molecule has 0 radical (unpaired) electrons. The third kappa shape index (κ3) is 1.92. The zero-order chi connectivity index (χ0) is 12.5. The van der Waals surface area contributed by atoms with E-state index in [0.717, 1.165) is 15.3 Å². The highest BCUT2D eigenvalue weighted by molar-refractivity contribution is 7.98. The third-order valence-electron chi connectivity index (χ3n) is 2.72. The van der Waals surface area contributed by atoms with Crippen LogP contribution in [0.2, 0.25) is 0 Å². The van der Waals surface area contributed by atoms with Gasteiger partial charge in [0.25, 0.3) is 0 Å². The molecular formula is C12H11N3OS2. The van der Waals surface area contributed by atoms with Gasteiger partial charge in [0.2, 0.25) is 0 Å². The van der Waals surface area contributed by atoms with E-state index in [0.29, 0.717) is 5.69 Å². The van der Waals surface area contributed by atoms with Gasteiger partial charge in [-0.05, 0) is 12.3 Å². The summed E-state index contributed by atoms with van der Waals surface area (Å²) in [6, 6.07) is 1.95. The molecule has 0 saturated heterocycles. The summed E-state index contributed by atoms with van der Waals surface area (Å²) >= 11 is 3.17. The van der Waals surface area contributed by atoms with Gasteiger partial charge in [-0.1, -0.05) is 0 Å². The van der Waals surface area contributed by atoms with Crippen LogP contribution in [-0.2, 0) is 0 Å². The summed E-state index contributed by atoms with van der Waals surface area (Å²) < 4.78 is 1.91. The summed E-state index contributed by atoms with van der Waals surface area (Å²) in [5.41, 5.74) is 1.46. The Labute approximate surface area is 112 Å². The van der Waals surface area contributed by atoms with Crippen molar-refractivity contribution >= 4 is 27.9 Å². The van der Waals surface area contributed by atoms with Crippen molar-refractivity contribution in [2.45, 2.75) is 11.0 Å². The second kappa shape index (κ2) is 4.72. The standard InChI is InChI=1S/C12H11N3OS2/c1-17-9-4-8(5-13-6-9)11(16)10-12-15(7-14-10)2-3-18-12/h2-7,11,16H,1H3. The number of aliphatic hydroxyl groups is 1. The lowest BCUT2D eigenvalue weighted by atomic mass is 10.1. The second-order valence-corrected chi connectivity index (χ2v) is 5.58. The molecule has 1 atom stereocenters. The molecule has 0 spiro atoms. The van der Waals surface area contributed by atoms with Gasteiger partial charge in [0.15, 0.2) is 0 Å². The lowest BCUT2D eigenvalue weighted by Crippen LogP contribution is -2.01. The topological polar surface area (TPSA) is 50.4 Å². The molecule has 0 aliphatic carbocycles. The van der Waals surface area contributed by atoms with Crippen LogP contribution in [0, 0.1) is 0 Å². The van der Waals surface area contributed by atoms with E-state index in [2.05, 4.69) is 9.97 Å². The molecule has 3 heterocycles. The van der Waals surface area contributed by atoms with E-state index in [9.17, 15) is 5.11 Å². The Bertz CT molecular complexity index is 677. The Balaban J connectivity index is 2.03. The van der Waals surface area contributed by atoms with Gasteiger partial charge >= 0.3 is 0 Å². The third-order valence-corrected chi connectivity index (χ3v) is 4.32. The molecule has 0 bridgehead atoms. The Hall–Kier alpha value is -1.37. The Morgan fingerprint density at radius 1 is 1.44 bits per heavy atom. The van der Waals surface area contributed by atoms with Crippen molar-refractivity contribution in [2.24, 2.45) is 0 Å². The molecule has 3 aromatic rings. The first-order valence-electron chi connectivity index (χ1n) is 5.36. The Morgan fingerprint density at radius 3 is 3.17 bits per heavy atom. The van der Waals surface area contributed by atoms with Crippen molar-refractivity contribution in [2.75, 3.05) is 6.26 Å². The van der Waals surface area contributed by atoms with E-state index in [1.165, 1.54) is 0 Å². The quantitative estimate of drug-likeness (QED) is 0.748. The fraction of sp³-hybridized carbons (Fsp3) is 0.167. The maximum atomic E-state index is 10.4. The van der Waals surface area contributed by atoms with Gasteiger partial charge in [0.05, 0.1) is 0 Å². The van der Waals surface area contributed by atoms with E-state index >= 15 is 0 Å². The first-order chi connectivity index (χ1) is 8.79. The van der Waals surface area contributed by atoms with Gasteiger partial charge in [-0.25, -0.2) is 4.98 Å². The van der Waals surface area contributed by atoms with E-state index in [1.807, 2.05) is 28.3 Å². The molecule has 0 aliphatic heterocycles. The van der Waals surface area contributed by atoms with Crippen LogP contribution in [0.15, 0.2) is 41.3 Å². The molecule has 18 heavy (non-hydrogen) atoms. The number of thioether (sulfide) groups is 1. The first-order valence-corrected chi connectivity index (χ1v) is 7.47. The van der Waals surface area contributed by atoms with Gasteiger partial charge in [0.1, 0.15) is 23.0 Å². The maximum Gasteiger partial charge on any atom is 0.126 e. The number of rotatable bonds is 3. The van der Waals surface area contributed by atoms with Crippen LogP contribution in [0.3, 0.4) is 0 Å². The SMILES string of the molecule is CSc1cncc(C(O)c2ncn3ccsc23)c1. The highest BCUT2D eigenvalue weighted by Crippen LogP contribution is 2.28. The van der Waals surface area contributed by atoms with Crippen LogP contribution < -0.4 is 0 Å². The molecule has 0 amide bonds. The molecule has 0 aromatic carbocycles. The number of aromatic nitrogens is 3. The van der Waals surface area contributed by atoms with Crippen LogP contribution in [0.5, 0.6) is 0 Å². The van der Waals surface area contributed by atoms with Crippen LogP contribution in [0.25, 0.3) is 4.83 Å². The molecule has 3 rings (SSSR count). The second-order valence-electron chi connectivity index (χ2n) is 3.81. The van der Waals surface area contributed by atoms with Crippen LogP contribution in [0.4, 0.5) is 0 Å². The van der Waals surface area contributed by atoms with Crippen LogP contribution in [-0.4, -0.2) is 25.7 Å². The monoisotopic (exact) mass is 277 g/mol. The average Bonchev–Trinajstić information content (AvgIpc) is 3.00. The average molecular weight is 277 g/mol. The zero-order valence-electron chi connectivity index (χ0n) is 9.65. The minimum Gasteiger partial charge on any atom is -0.382 e. The molecule has 4 nitrogen and oxygen atoms in total. The summed E-state index contributed by atoms with van der Waals surface area (Å²) in [7, 11) is 0. The van der Waals surface area contributed by atoms with Gasteiger partial charge in [-0.2, -0.15) is 0 Å². The van der Waals surface area contributed by atoms with Gasteiger partial charge in [-0.3, -0.25) is 9.38 Å². The number of fused-ring (bicyclic) bond motifs is 1. The predicted octanol–water partition coefficient (Wildman–Crippen LogP) is 2.59. The number of pyridine rings is 1. The number of thiazole rings is 1. The molecule has 0 fully saturated rings. The summed E-state index contributed by atoms with van der Waals surface area (Å²) in [5, 5.41) is 12.4. The minimum atomic E-state index is -0.728. The highest BCUT2D eigenvalue weighted by atomic mass is 32.2. The Kier molecular flexibility index (Phi) is 3.07. The molecule has 3 aromatic heterocycles. The van der Waals surface area contributed by atoms with Gasteiger partial charge in [0, 0.05) is 34.4 Å². The van der Waals surface area contributed by atoms with Crippen molar-refractivity contribution in [1.29, 1.82) is 0 Å². The number of aliphatic hydroxyl groups excluding tert-OH is 1. The lowest BCUT2D eigenvalue weighted by Gasteiger charge is -2.08. The summed E-state index contributed by atoms with van der Waals surface area (Å²) in [6.07, 6.45) is 8.38. The molecule has 1 unspecified atom stereocenters. The summed E-state index contributed by atoms with van der Waals surface area (Å²) in [6.45, 7) is 0. The van der Waals surface area contributed by atoms with Crippen LogP contribution in [0.1, 0.15) is 17.4 Å². The zero-order valence-corrected chi connectivity index (χ0v) is 11.3. The van der Waals surface area contributed by atoms with Gasteiger partial charge < -0.3 is 5.11 Å². The fourth-order valence-corrected chi connectivity index (χ4v) is 3.05. The highest BCUT2D eigenvalue weighted by Gasteiger charge is 2.17. The lowest BCUT2D eigenvalue weighted by molar-refractivity contribution is 0.217. The molecule has 0 aliphatic rings. The number of imidazole rings is 1. The van der Waals surface area contributed by atoms with Crippen molar-refractivity contribution in [3.63, 3.8) is 0 Å². The van der Waals surface area contributed by atoms with Crippen molar-refractivity contribution in [3.8, 4) is 0 Å². The largest absolute Gasteiger partial charge is 0.382 e. The molecule has 6 heteroatoms. The first kappa shape index (κ1) is 11.7. The van der Waals surface area contributed by atoms with Gasteiger partial charge in [-0.15, -0.1) is 23.1 Å². The van der Waals surface area contributed by atoms with Crippen molar-refractivity contribution < 1.29 is 5.11 Å². The van der Waals surface area contributed by atoms with Crippen molar-refractivity contribution in [1.82, 2.24) is 14.4 Å². The molecule has 1 N–H and O–H groups in total. The normalized spacial score (nSPS) is 13.0.